The van der Waals surface area contributed by atoms with E-state index in [9.17, 15) is 4.79 Å². The van der Waals surface area contributed by atoms with Crippen molar-refractivity contribution in [3.05, 3.63) is 23.2 Å². The molecule has 0 aliphatic heterocycles. The van der Waals surface area contributed by atoms with Crippen molar-refractivity contribution in [2.45, 2.75) is 31.7 Å². The van der Waals surface area contributed by atoms with Crippen LogP contribution in [0.25, 0.3) is 10.2 Å². The number of nitrogen functional groups attached to an aromatic ring is 1. The Labute approximate surface area is 121 Å². The molecule has 5 heteroatoms. The molecular weight excluding hydrogens is 270 g/mol. The van der Waals surface area contributed by atoms with Gasteiger partial charge in [-0.25, -0.2) is 0 Å². The molecule has 2 aromatic rings. The molecule has 2 bridgehead atoms. The van der Waals surface area contributed by atoms with Gasteiger partial charge in [-0.05, 0) is 43.2 Å². The predicted molar refractivity (Wildman–Crippen MR) is 80.7 cm³/mol. The minimum absolute atomic E-state index is 0.0250. The highest BCUT2D eigenvalue weighted by atomic mass is 32.1. The number of rotatable bonds is 2. The van der Waals surface area contributed by atoms with Crippen LogP contribution < -0.4 is 11.1 Å². The Hall–Kier alpha value is -1.62. The van der Waals surface area contributed by atoms with Crippen LogP contribution in [0.5, 0.6) is 0 Å². The molecule has 2 heterocycles. The summed E-state index contributed by atoms with van der Waals surface area (Å²) in [6, 6.07) is 4.17. The zero-order valence-electron chi connectivity index (χ0n) is 11.1. The lowest BCUT2D eigenvalue weighted by Crippen LogP contribution is -2.38. The average Bonchev–Trinajstić information content (AvgIpc) is 3.14. The van der Waals surface area contributed by atoms with Crippen molar-refractivity contribution in [3.8, 4) is 0 Å². The zero-order valence-corrected chi connectivity index (χ0v) is 12.0. The summed E-state index contributed by atoms with van der Waals surface area (Å²) >= 11 is 1.44. The lowest BCUT2D eigenvalue weighted by molar-refractivity contribution is 0.0928. The third kappa shape index (κ3) is 1.80. The van der Waals surface area contributed by atoms with Crippen molar-refractivity contribution in [3.63, 3.8) is 0 Å². The highest BCUT2D eigenvalue weighted by Gasteiger charge is 2.40. The van der Waals surface area contributed by atoms with E-state index in [-0.39, 0.29) is 5.91 Å². The van der Waals surface area contributed by atoms with Crippen molar-refractivity contribution >= 4 is 33.1 Å². The maximum absolute atomic E-state index is 12.5. The largest absolute Gasteiger partial charge is 0.396 e. The number of nitrogens with one attached hydrogen (secondary N) is 1. The number of aromatic nitrogens is 1. The summed E-state index contributed by atoms with van der Waals surface area (Å²) in [5, 5.41) is 3.19. The molecule has 0 radical (unpaired) electrons. The van der Waals surface area contributed by atoms with Gasteiger partial charge >= 0.3 is 0 Å². The highest BCUT2D eigenvalue weighted by Crippen LogP contribution is 2.44. The molecule has 2 aliphatic rings. The van der Waals surface area contributed by atoms with Crippen LogP contribution in [0.3, 0.4) is 0 Å². The van der Waals surface area contributed by atoms with Crippen molar-refractivity contribution in [1.82, 2.24) is 10.3 Å². The Morgan fingerprint density at radius 3 is 3.00 bits per heavy atom. The Morgan fingerprint density at radius 2 is 2.30 bits per heavy atom. The van der Waals surface area contributed by atoms with Gasteiger partial charge in [0.25, 0.3) is 5.91 Å². The summed E-state index contributed by atoms with van der Waals surface area (Å²) in [4.78, 5) is 17.3. The fourth-order valence-electron chi connectivity index (χ4n) is 3.77. The number of nitrogens with two attached hydrogens (primary N) is 1. The molecule has 104 valence electrons. The third-order valence-electron chi connectivity index (χ3n) is 4.74. The molecule has 2 aromatic heterocycles. The number of pyridine rings is 1. The molecule has 0 spiro atoms. The van der Waals surface area contributed by atoms with Gasteiger partial charge < -0.3 is 11.1 Å². The molecule has 4 nitrogen and oxygen atoms in total. The van der Waals surface area contributed by atoms with E-state index in [0.717, 1.165) is 22.6 Å². The Kier molecular flexibility index (Phi) is 2.70. The molecule has 1 amide bonds. The second-order valence-corrected chi connectivity index (χ2v) is 7.00. The fraction of sp³-hybridized carbons (Fsp3) is 0.467. The second-order valence-electron chi connectivity index (χ2n) is 5.95. The van der Waals surface area contributed by atoms with Gasteiger partial charge in [0.15, 0.2) is 0 Å². The van der Waals surface area contributed by atoms with Crippen LogP contribution >= 0.6 is 11.3 Å². The van der Waals surface area contributed by atoms with Crippen LogP contribution in [0.4, 0.5) is 5.69 Å². The van der Waals surface area contributed by atoms with Crippen molar-refractivity contribution in [1.29, 1.82) is 0 Å². The number of carbonyl (C=O) groups excluding carboxylic acids is 1. The number of amides is 1. The van der Waals surface area contributed by atoms with Gasteiger partial charge in [-0.15, -0.1) is 11.3 Å². The monoisotopic (exact) mass is 287 g/mol. The number of hydrogen-bond acceptors (Lipinski definition) is 4. The zero-order chi connectivity index (χ0) is 13.7. The maximum atomic E-state index is 12.5. The van der Waals surface area contributed by atoms with Crippen LogP contribution in [0.1, 0.15) is 35.4 Å². The van der Waals surface area contributed by atoms with Crippen LogP contribution in [-0.2, 0) is 0 Å². The normalized spacial score (nSPS) is 28.1. The molecule has 3 unspecified atom stereocenters. The molecule has 2 fully saturated rings. The van der Waals surface area contributed by atoms with Crippen molar-refractivity contribution in [2.75, 3.05) is 5.73 Å². The van der Waals surface area contributed by atoms with Gasteiger partial charge in [-0.3, -0.25) is 9.78 Å². The lowest BCUT2D eigenvalue weighted by Gasteiger charge is -2.22. The first kappa shape index (κ1) is 12.1. The Balaban J connectivity index is 1.59. The number of thiophene rings is 1. The highest BCUT2D eigenvalue weighted by molar-refractivity contribution is 7.21. The van der Waals surface area contributed by atoms with Gasteiger partial charge in [0, 0.05) is 12.2 Å². The first-order valence-corrected chi connectivity index (χ1v) is 7.98. The minimum atomic E-state index is -0.0250. The molecule has 20 heavy (non-hydrogen) atoms. The van der Waals surface area contributed by atoms with E-state index in [1.54, 1.807) is 6.20 Å². The van der Waals surface area contributed by atoms with Crippen LogP contribution in [0.15, 0.2) is 18.3 Å². The van der Waals surface area contributed by atoms with Gasteiger partial charge in [-0.1, -0.05) is 6.42 Å². The second kappa shape index (κ2) is 4.45. The summed E-state index contributed by atoms with van der Waals surface area (Å²) in [7, 11) is 0. The standard InChI is InChI=1S/C15H17N3OS/c16-12-13-11(2-1-5-17-13)20-14(12)15(19)18-10-7-8-3-4-9(10)6-8/h1-2,5,8-10H,3-4,6-7,16H2,(H,18,19). The first-order chi connectivity index (χ1) is 9.72. The number of fused-ring (bicyclic) bond motifs is 3. The summed E-state index contributed by atoms with van der Waals surface area (Å²) in [6.07, 6.45) is 6.74. The molecule has 0 saturated heterocycles. The molecule has 2 saturated carbocycles. The quantitative estimate of drug-likeness (QED) is 0.892. The van der Waals surface area contributed by atoms with E-state index in [4.69, 9.17) is 5.73 Å². The average molecular weight is 287 g/mol. The smallest absolute Gasteiger partial charge is 0.263 e. The Morgan fingerprint density at radius 1 is 1.40 bits per heavy atom. The minimum Gasteiger partial charge on any atom is -0.396 e. The summed E-state index contributed by atoms with van der Waals surface area (Å²) in [5.41, 5.74) is 7.34. The van der Waals surface area contributed by atoms with E-state index in [0.29, 0.717) is 22.5 Å². The molecule has 2 aliphatic carbocycles. The van der Waals surface area contributed by atoms with Crippen LogP contribution in [-0.4, -0.2) is 16.9 Å². The predicted octanol–water partition coefficient (Wildman–Crippen LogP) is 2.80. The molecular formula is C15H17N3OS. The topological polar surface area (TPSA) is 68.0 Å². The fourth-order valence-corrected chi connectivity index (χ4v) is 4.76. The number of hydrogen-bond donors (Lipinski definition) is 2. The van der Waals surface area contributed by atoms with Gasteiger partial charge in [0.1, 0.15) is 10.4 Å². The van der Waals surface area contributed by atoms with E-state index < -0.39 is 0 Å². The van der Waals surface area contributed by atoms with E-state index in [1.165, 1.54) is 30.6 Å². The van der Waals surface area contributed by atoms with Crippen LogP contribution in [0.2, 0.25) is 0 Å². The van der Waals surface area contributed by atoms with Crippen molar-refractivity contribution < 1.29 is 4.79 Å². The SMILES string of the molecule is Nc1c(C(=O)NC2CC3CCC2C3)sc2cccnc12. The molecule has 4 rings (SSSR count). The number of anilines is 1. The van der Waals surface area contributed by atoms with Gasteiger partial charge in [0.05, 0.1) is 10.4 Å². The third-order valence-corrected chi connectivity index (χ3v) is 5.90. The lowest BCUT2D eigenvalue weighted by atomic mass is 9.95. The van der Waals surface area contributed by atoms with Gasteiger partial charge in [0.2, 0.25) is 0 Å². The maximum Gasteiger partial charge on any atom is 0.263 e. The number of nitrogens with zero attached hydrogens (tertiary/aromatic N) is 1. The Bertz CT molecular complexity index is 681. The first-order valence-electron chi connectivity index (χ1n) is 7.16. The molecule has 3 N–H and O–H groups in total. The molecule has 0 aromatic carbocycles. The summed E-state index contributed by atoms with van der Waals surface area (Å²) < 4.78 is 0.975. The van der Waals surface area contributed by atoms with Crippen molar-refractivity contribution in [2.24, 2.45) is 11.8 Å². The van der Waals surface area contributed by atoms with Crippen LogP contribution in [0, 0.1) is 11.8 Å². The van der Waals surface area contributed by atoms with E-state index >= 15 is 0 Å². The van der Waals surface area contributed by atoms with E-state index in [1.807, 2.05) is 12.1 Å². The summed E-state index contributed by atoms with van der Waals surface area (Å²) in [5.74, 6) is 1.48. The summed E-state index contributed by atoms with van der Waals surface area (Å²) in [6.45, 7) is 0. The molecule has 3 atom stereocenters. The van der Waals surface area contributed by atoms with Gasteiger partial charge in [-0.2, -0.15) is 0 Å². The van der Waals surface area contributed by atoms with E-state index in [2.05, 4.69) is 10.3 Å². The number of carbonyl (C=O) groups is 1.